The van der Waals surface area contributed by atoms with Crippen molar-refractivity contribution >= 4 is 41.5 Å². The van der Waals surface area contributed by atoms with E-state index in [-0.39, 0.29) is 61.2 Å². The molecule has 0 bridgehead atoms. The van der Waals surface area contributed by atoms with Gasteiger partial charge >= 0.3 is 29.8 Å². The number of nitrogens with one attached hydrogen (secondary N) is 1. The predicted molar refractivity (Wildman–Crippen MR) is 236 cm³/mol. The standard InChI is InChI=1S/C51H55NO16/c1-28-34(66-45(61)40(57)39(31-17-9-6-10-18-31)52-43(59)32-19-11-7-12-20-32)26-50(62)48(5)38(28)41(65-29(2)53)42(58)47(4)35(63-24-16-15-23-37(55)56)25-36-49(27-64-36,67-30(3)54)46(47)51(48,50)68-44(60)33-21-13-8-14-22-33/h6-14,17-22,34-36,39-41,46,57,62H,15-16,23-27H2,1-5H3,(H,52,59)(H,55,56)/t34-,35-,36?,39-,40+,41?,46?,47-,48-,49-,50-,51-/m0/s1. The number of aliphatic hydroxyl groups excluding tert-OH is 1. The molecule has 68 heavy (non-hydrogen) atoms. The number of Topliss-reactive ketones (excluding diaryl/α,β-unsaturated/α-hetero) is 1. The molecule has 360 valence electrons. The minimum absolute atomic E-state index is 0.0325. The zero-order chi connectivity index (χ0) is 49.0. The van der Waals surface area contributed by atoms with Crippen LogP contribution in [0.15, 0.2) is 102 Å². The highest BCUT2D eigenvalue weighted by Gasteiger charge is 2.99. The van der Waals surface area contributed by atoms with E-state index >= 15 is 4.79 Å². The third kappa shape index (κ3) is 7.50. The number of esters is 4. The SMILES string of the molecule is CC(=O)OC1C(=O)[C@@]2(C)C([C@]3(OC(C)=O)COC3C[C@@H]2OCCCCC(=O)O)[C@@]2(OC(=O)c3ccccc3)[C@]3(O)C[C@H](OC(=O)[C@H](O)[C@@H](NC(=O)c4ccccc4)c4ccccc4)C(C)=C1[C@@]32C. The van der Waals surface area contributed by atoms with Crippen LogP contribution in [0.4, 0.5) is 0 Å². The molecule has 3 unspecified atom stereocenters. The van der Waals surface area contributed by atoms with Gasteiger partial charge in [0.05, 0.1) is 41.1 Å². The number of aliphatic carboxylic acids is 1. The Morgan fingerprint density at radius 2 is 1.46 bits per heavy atom. The van der Waals surface area contributed by atoms with Crippen molar-refractivity contribution in [2.75, 3.05) is 13.2 Å². The Kier molecular flexibility index (Phi) is 12.8. The predicted octanol–water partition coefficient (Wildman–Crippen LogP) is 4.38. The van der Waals surface area contributed by atoms with E-state index in [9.17, 15) is 44.1 Å². The summed E-state index contributed by atoms with van der Waals surface area (Å²) in [6, 6.07) is 23.0. The smallest absolute Gasteiger partial charge is 0.338 e. The van der Waals surface area contributed by atoms with Gasteiger partial charge in [0.15, 0.2) is 29.2 Å². The number of carboxylic acid groups (broad SMARTS) is 1. The number of hydrogen-bond acceptors (Lipinski definition) is 15. The summed E-state index contributed by atoms with van der Waals surface area (Å²) in [5.41, 5.74) is -9.34. The molecule has 3 aromatic rings. The molecule has 3 aromatic carbocycles. The molecular formula is C51H55NO16. The number of unbranched alkanes of at least 4 members (excludes halogenated alkanes) is 1. The number of amides is 1. The lowest BCUT2D eigenvalue weighted by atomic mass is 9.51. The molecule has 0 aromatic heterocycles. The first-order valence-corrected chi connectivity index (χ1v) is 22.7. The number of fused-ring (bicyclic) bond motifs is 5. The highest BCUT2D eigenvalue weighted by atomic mass is 16.6. The van der Waals surface area contributed by atoms with Gasteiger partial charge in [0.25, 0.3) is 5.91 Å². The second kappa shape index (κ2) is 18.0. The Morgan fingerprint density at radius 3 is 2.03 bits per heavy atom. The van der Waals surface area contributed by atoms with E-state index in [4.69, 9.17) is 28.4 Å². The number of carboxylic acids is 1. The third-order valence-electron chi connectivity index (χ3n) is 15.0. The van der Waals surface area contributed by atoms with Crippen molar-refractivity contribution in [3.8, 4) is 0 Å². The second-order valence-electron chi connectivity index (χ2n) is 18.7. The minimum atomic E-state index is -2.31. The molecule has 1 amide bonds. The van der Waals surface area contributed by atoms with Crippen LogP contribution in [-0.2, 0) is 52.4 Å². The zero-order valence-electron chi connectivity index (χ0n) is 38.3. The molecule has 1 aliphatic heterocycles. The van der Waals surface area contributed by atoms with Gasteiger partial charge in [0.1, 0.15) is 17.8 Å². The van der Waals surface area contributed by atoms with E-state index in [0.29, 0.717) is 5.56 Å². The van der Waals surface area contributed by atoms with Crippen LogP contribution in [0.25, 0.3) is 0 Å². The Bertz CT molecular complexity index is 2530. The van der Waals surface area contributed by atoms with Gasteiger partial charge in [0, 0.05) is 45.3 Å². The number of ether oxygens (including phenoxy) is 6. The summed E-state index contributed by atoms with van der Waals surface area (Å²) in [5, 5.41) is 37.6. The molecule has 17 heteroatoms. The van der Waals surface area contributed by atoms with Gasteiger partial charge < -0.3 is 49.1 Å². The highest BCUT2D eigenvalue weighted by Crippen LogP contribution is 2.84. The number of ketones is 1. The Hall–Kier alpha value is -6.27. The summed E-state index contributed by atoms with van der Waals surface area (Å²) < 4.78 is 37.8. The van der Waals surface area contributed by atoms with Crippen LogP contribution in [0.1, 0.15) is 99.0 Å². The fraction of sp³-hybridized carbons (Fsp3) is 0.471. The molecule has 17 nitrogen and oxygen atoms in total. The second-order valence-corrected chi connectivity index (χ2v) is 18.7. The summed E-state index contributed by atoms with van der Waals surface area (Å²) in [6.45, 7) is 6.55. The zero-order valence-corrected chi connectivity index (χ0v) is 38.3. The molecule has 3 saturated carbocycles. The number of benzene rings is 3. The lowest BCUT2D eigenvalue weighted by Gasteiger charge is -2.64. The summed E-state index contributed by atoms with van der Waals surface area (Å²) >= 11 is 0. The van der Waals surface area contributed by atoms with Crippen molar-refractivity contribution in [3.05, 3.63) is 119 Å². The van der Waals surface area contributed by atoms with Crippen LogP contribution in [0.5, 0.6) is 0 Å². The normalized spacial score (nSPS) is 32.8. The number of aliphatic hydroxyl groups is 2. The fourth-order valence-corrected chi connectivity index (χ4v) is 11.9. The van der Waals surface area contributed by atoms with Crippen LogP contribution in [-0.4, -0.2) is 117 Å². The maximum absolute atomic E-state index is 15.9. The van der Waals surface area contributed by atoms with E-state index in [1.807, 2.05) is 0 Å². The molecular weight excluding hydrogens is 883 g/mol. The monoisotopic (exact) mass is 937 g/mol. The molecule has 5 aliphatic rings. The number of carbonyl (C=O) groups is 7. The van der Waals surface area contributed by atoms with Crippen molar-refractivity contribution in [1.82, 2.24) is 5.32 Å². The van der Waals surface area contributed by atoms with Gasteiger partial charge in [0.2, 0.25) is 0 Å². The summed E-state index contributed by atoms with van der Waals surface area (Å²) in [6.07, 6.45) is -7.67. The first-order chi connectivity index (χ1) is 32.3. The van der Waals surface area contributed by atoms with Crippen LogP contribution >= 0.6 is 0 Å². The Balaban J connectivity index is 1.27. The van der Waals surface area contributed by atoms with E-state index in [0.717, 1.165) is 6.92 Å². The highest BCUT2D eigenvalue weighted by molar-refractivity contribution is 5.98. The van der Waals surface area contributed by atoms with E-state index in [1.165, 1.54) is 32.9 Å². The molecule has 0 spiro atoms. The van der Waals surface area contributed by atoms with Gasteiger partial charge in [-0.25, -0.2) is 9.59 Å². The molecule has 8 rings (SSSR count). The van der Waals surface area contributed by atoms with Crippen LogP contribution in [0.3, 0.4) is 0 Å². The molecule has 1 heterocycles. The summed E-state index contributed by atoms with van der Waals surface area (Å²) in [4.78, 5) is 96.4. The van der Waals surface area contributed by atoms with Gasteiger partial charge in [-0.2, -0.15) is 0 Å². The average Bonchev–Trinajstić information content (AvgIpc) is 3.74. The third-order valence-corrected chi connectivity index (χ3v) is 15.0. The molecule has 4 N–H and O–H groups in total. The number of rotatable bonds is 16. The van der Waals surface area contributed by atoms with E-state index in [2.05, 4.69) is 5.32 Å². The van der Waals surface area contributed by atoms with Gasteiger partial charge in [-0.1, -0.05) is 66.7 Å². The molecule has 4 fully saturated rings. The van der Waals surface area contributed by atoms with E-state index in [1.54, 1.807) is 85.8 Å². The lowest BCUT2D eigenvalue weighted by molar-refractivity contribution is -0.340. The lowest BCUT2D eigenvalue weighted by Crippen LogP contribution is -2.79. The van der Waals surface area contributed by atoms with E-state index < -0.39 is 118 Å². The molecule has 0 radical (unpaired) electrons. The molecule has 1 saturated heterocycles. The van der Waals surface area contributed by atoms with Crippen LogP contribution < -0.4 is 5.32 Å². The number of hydrogen-bond donors (Lipinski definition) is 4. The topological polar surface area (TPSA) is 248 Å². The first-order valence-electron chi connectivity index (χ1n) is 22.7. The van der Waals surface area contributed by atoms with Crippen molar-refractivity contribution in [2.45, 2.75) is 120 Å². The molecule has 4 aliphatic carbocycles. The summed E-state index contributed by atoms with van der Waals surface area (Å²) in [5.74, 6) is -7.70. The quantitative estimate of drug-likeness (QED) is 0.0674. The van der Waals surface area contributed by atoms with Crippen LogP contribution in [0, 0.1) is 16.7 Å². The largest absolute Gasteiger partial charge is 0.481 e. The maximum Gasteiger partial charge on any atom is 0.338 e. The molecule has 12 atom stereocenters. The number of carbonyl (C=O) groups excluding carboxylic acids is 6. The van der Waals surface area contributed by atoms with Gasteiger partial charge in [-0.15, -0.1) is 0 Å². The maximum atomic E-state index is 15.9. The average molecular weight is 938 g/mol. The van der Waals surface area contributed by atoms with Crippen LogP contribution in [0.2, 0.25) is 0 Å². The Morgan fingerprint density at radius 1 is 0.838 bits per heavy atom. The van der Waals surface area contributed by atoms with Gasteiger partial charge in [-0.3, -0.25) is 24.0 Å². The minimum Gasteiger partial charge on any atom is -0.481 e. The Labute approximate surface area is 392 Å². The fourth-order valence-electron chi connectivity index (χ4n) is 11.9. The van der Waals surface area contributed by atoms with Crippen molar-refractivity contribution in [3.63, 3.8) is 0 Å². The van der Waals surface area contributed by atoms with Crippen molar-refractivity contribution in [1.29, 1.82) is 0 Å². The first kappa shape index (κ1) is 48.2. The van der Waals surface area contributed by atoms with Crippen molar-refractivity contribution < 1.29 is 77.3 Å². The van der Waals surface area contributed by atoms with Crippen molar-refractivity contribution in [2.24, 2.45) is 16.7 Å². The van der Waals surface area contributed by atoms with Gasteiger partial charge in [-0.05, 0) is 74.6 Å². The summed E-state index contributed by atoms with van der Waals surface area (Å²) in [7, 11) is 0.